The van der Waals surface area contributed by atoms with Gasteiger partial charge < -0.3 is 9.32 Å². The van der Waals surface area contributed by atoms with Gasteiger partial charge in [-0.15, -0.1) is 0 Å². The number of rotatable bonds is 3. The van der Waals surface area contributed by atoms with E-state index in [1.165, 1.54) is 0 Å². The molecule has 5 heteroatoms. The summed E-state index contributed by atoms with van der Waals surface area (Å²) < 4.78 is 5.25. The van der Waals surface area contributed by atoms with Crippen LogP contribution < -0.4 is 0 Å². The van der Waals surface area contributed by atoms with Gasteiger partial charge in [0.15, 0.2) is 0 Å². The summed E-state index contributed by atoms with van der Waals surface area (Å²) >= 11 is 0. The molecule has 1 aromatic carbocycles. The van der Waals surface area contributed by atoms with Gasteiger partial charge in [-0.05, 0) is 18.2 Å². The summed E-state index contributed by atoms with van der Waals surface area (Å²) in [5, 5.41) is 7.76. The molecule has 1 N–H and O–H groups in total. The average molecular weight is 255 g/mol. The zero-order valence-corrected chi connectivity index (χ0v) is 10.5. The summed E-state index contributed by atoms with van der Waals surface area (Å²) in [5.41, 5.74) is 1.38. The van der Waals surface area contributed by atoms with E-state index in [4.69, 9.17) is 4.42 Å². The molecule has 5 nitrogen and oxygen atoms in total. The second-order valence-electron chi connectivity index (χ2n) is 4.38. The van der Waals surface area contributed by atoms with E-state index >= 15 is 0 Å². The highest BCUT2D eigenvalue weighted by Crippen LogP contribution is 2.18. The van der Waals surface area contributed by atoms with Crippen LogP contribution in [0.4, 0.5) is 0 Å². The summed E-state index contributed by atoms with van der Waals surface area (Å²) in [7, 11) is 1.75. The largest absolute Gasteiger partial charge is 0.467 e. The highest BCUT2D eigenvalue weighted by molar-refractivity contribution is 6.05. The minimum Gasteiger partial charge on any atom is -0.467 e. The van der Waals surface area contributed by atoms with Gasteiger partial charge >= 0.3 is 0 Å². The van der Waals surface area contributed by atoms with Crippen LogP contribution in [0.2, 0.25) is 0 Å². The fourth-order valence-electron chi connectivity index (χ4n) is 2.06. The number of H-pyrrole nitrogens is 1. The first-order valence-corrected chi connectivity index (χ1v) is 5.95. The third kappa shape index (κ3) is 2.10. The Kier molecular flexibility index (Phi) is 2.79. The van der Waals surface area contributed by atoms with Crippen molar-refractivity contribution < 1.29 is 9.21 Å². The fourth-order valence-corrected chi connectivity index (χ4v) is 2.06. The smallest absolute Gasteiger partial charge is 0.256 e. The molecule has 2 heterocycles. The molecule has 0 spiro atoms. The Bertz CT molecular complexity index is 700. The zero-order valence-electron chi connectivity index (χ0n) is 10.5. The molecule has 0 aliphatic rings. The third-order valence-electron chi connectivity index (χ3n) is 3.03. The van der Waals surface area contributed by atoms with Gasteiger partial charge in [0, 0.05) is 12.4 Å². The second kappa shape index (κ2) is 4.61. The first kappa shape index (κ1) is 11.5. The number of fused-ring (bicyclic) bond motifs is 1. The van der Waals surface area contributed by atoms with Gasteiger partial charge in [-0.2, -0.15) is 5.10 Å². The molecular weight excluding hydrogens is 242 g/mol. The number of benzene rings is 1. The Morgan fingerprint density at radius 2 is 2.26 bits per heavy atom. The molecule has 0 saturated heterocycles. The van der Waals surface area contributed by atoms with Crippen molar-refractivity contribution in [3.8, 4) is 0 Å². The number of hydrogen-bond donors (Lipinski definition) is 1. The lowest BCUT2D eigenvalue weighted by molar-refractivity contribution is 0.0777. The average Bonchev–Trinajstić information content (AvgIpc) is 3.07. The molecule has 0 saturated carbocycles. The van der Waals surface area contributed by atoms with Crippen molar-refractivity contribution in [2.75, 3.05) is 7.05 Å². The van der Waals surface area contributed by atoms with Gasteiger partial charge in [0.1, 0.15) is 5.76 Å². The topological polar surface area (TPSA) is 62.1 Å². The second-order valence-corrected chi connectivity index (χ2v) is 4.38. The first-order chi connectivity index (χ1) is 9.25. The number of para-hydroxylation sites is 1. The summed E-state index contributed by atoms with van der Waals surface area (Å²) in [5.74, 6) is 0.693. The molecule has 0 bridgehead atoms. The zero-order chi connectivity index (χ0) is 13.2. The minimum atomic E-state index is -0.0637. The van der Waals surface area contributed by atoms with Crippen molar-refractivity contribution in [1.82, 2.24) is 15.1 Å². The van der Waals surface area contributed by atoms with Crippen LogP contribution in [0, 0.1) is 0 Å². The predicted molar refractivity (Wildman–Crippen MR) is 70.6 cm³/mol. The molecule has 1 amide bonds. The van der Waals surface area contributed by atoms with Crippen molar-refractivity contribution in [1.29, 1.82) is 0 Å². The van der Waals surface area contributed by atoms with Crippen LogP contribution in [0.25, 0.3) is 10.9 Å². The summed E-state index contributed by atoms with van der Waals surface area (Å²) in [6.07, 6.45) is 3.31. The van der Waals surface area contributed by atoms with Crippen LogP contribution in [0.15, 0.2) is 47.2 Å². The van der Waals surface area contributed by atoms with Gasteiger partial charge in [0.05, 0.1) is 30.1 Å². The number of hydrogen-bond acceptors (Lipinski definition) is 3. The number of nitrogens with one attached hydrogen (secondary N) is 1. The van der Waals surface area contributed by atoms with Crippen molar-refractivity contribution in [2.24, 2.45) is 0 Å². The van der Waals surface area contributed by atoms with Crippen molar-refractivity contribution in [2.45, 2.75) is 6.54 Å². The number of aromatic amines is 1. The Morgan fingerprint density at radius 1 is 1.37 bits per heavy atom. The standard InChI is InChI=1S/C14H13N3O2/c1-17(9-11-5-3-7-19-11)14(18)12-6-2-4-10-8-15-16-13(10)12/h2-8H,9H2,1H3,(H,15,16). The van der Waals surface area contributed by atoms with E-state index < -0.39 is 0 Å². The van der Waals surface area contributed by atoms with E-state index in [1.807, 2.05) is 24.3 Å². The van der Waals surface area contributed by atoms with E-state index in [2.05, 4.69) is 10.2 Å². The van der Waals surface area contributed by atoms with Crippen molar-refractivity contribution in [3.05, 3.63) is 54.1 Å². The summed E-state index contributed by atoms with van der Waals surface area (Å²) in [6.45, 7) is 0.441. The van der Waals surface area contributed by atoms with Crippen LogP contribution in [-0.2, 0) is 6.54 Å². The molecule has 0 aliphatic heterocycles. The number of nitrogens with zero attached hydrogens (tertiary/aromatic N) is 2. The minimum absolute atomic E-state index is 0.0637. The third-order valence-corrected chi connectivity index (χ3v) is 3.03. The van der Waals surface area contributed by atoms with E-state index in [-0.39, 0.29) is 5.91 Å². The highest BCUT2D eigenvalue weighted by Gasteiger charge is 2.16. The van der Waals surface area contributed by atoms with E-state index in [0.29, 0.717) is 12.1 Å². The first-order valence-electron chi connectivity index (χ1n) is 5.95. The maximum Gasteiger partial charge on any atom is 0.256 e. The molecule has 0 atom stereocenters. The molecule has 3 aromatic rings. The Balaban J connectivity index is 1.89. The number of carbonyl (C=O) groups excluding carboxylic acids is 1. The summed E-state index contributed by atoms with van der Waals surface area (Å²) in [4.78, 5) is 14.0. The van der Waals surface area contributed by atoms with Crippen LogP contribution in [0.3, 0.4) is 0 Å². The lowest BCUT2D eigenvalue weighted by Gasteiger charge is -2.16. The molecule has 19 heavy (non-hydrogen) atoms. The molecule has 0 fully saturated rings. The maximum atomic E-state index is 12.4. The van der Waals surface area contributed by atoms with Crippen LogP contribution in [0.1, 0.15) is 16.1 Å². The number of furan rings is 1. The highest BCUT2D eigenvalue weighted by atomic mass is 16.3. The van der Waals surface area contributed by atoms with Crippen molar-refractivity contribution in [3.63, 3.8) is 0 Å². The normalized spacial score (nSPS) is 10.8. The van der Waals surface area contributed by atoms with Gasteiger partial charge in [0.25, 0.3) is 5.91 Å². The van der Waals surface area contributed by atoms with Gasteiger partial charge in [0.2, 0.25) is 0 Å². The molecule has 0 radical (unpaired) electrons. The van der Waals surface area contributed by atoms with E-state index in [0.717, 1.165) is 16.7 Å². The van der Waals surface area contributed by atoms with E-state index in [9.17, 15) is 4.79 Å². The monoisotopic (exact) mass is 255 g/mol. The molecule has 3 rings (SSSR count). The Labute approximate surface area is 109 Å². The van der Waals surface area contributed by atoms with Gasteiger partial charge in [-0.25, -0.2) is 0 Å². The van der Waals surface area contributed by atoms with E-state index in [1.54, 1.807) is 30.5 Å². The quantitative estimate of drug-likeness (QED) is 0.781. The number of aromatic nitrogens is 2. The van der Waals surface area contributed by atoms with Crippen LogP contribution in [0.5, 0.6) is 0 Å². The van der Waals surface area contributed by atoms with Crippen LogP contribution >= 0.6 is 0 Å². The number of carbonyl (C=O) groups is 1. The predicted octanol–water partition coefficient (Wildman–Crippen LogP) is 2.43. The molecule has 0 aliphatic carbocycles. The van der Waals surface area contributed by atoms with Gasteiger partial charge in [-0.3, -0.25) is 9.89 Å². The summed E-state index contributed by atoms with van der Waals surface area (Å²) in [6, 6.07) is 9.22. The number of amides is 1. The van der Waals surface area contributed by atoms with Crippen LogP contribution in [-0.4, -0.2) is 28.1 Å². The molecule has 2 aromatic heterocycles. The maximum absolute atomic E-state index is 12.4. The Hall–Kier alpha value is -2.56. The fraction of sp³-hybridized carbons (Fsp3) is 0.143. The SMILES string of the molecule is CN(Cc1ccco1)C(=O)c1cccc2cn[nH]c12. The van der Waals surface area contributed by atoms with Gasteiger partial charge in [-0.1, -0.05) is 12.1 Å². The van der Waals surface area contributed by atoms with Crippen molar-refractivity contribution >= 4 is 16.8 Å². The lowest BCUT2D eigenvalue weighted by Crippen LogP contribution is -2.26. The molecule has 0 unspecified atom stereocenters. The molecular formula is C14H13N3O2. The Morgan fingerprint density at radius 3 is 3.05 bits per heavy atom. The lowest BCUT2D eigenvalue weighted by atomic mass is 10.1. The molecule has 96 valence electrons.